The summed E-state index contributed by atoms with van der Waals surface area (Å²) >= 11 is 1.22. The second-order valence-electron chi connectivity index (χ2n) is 5.37. The highest BCUT2D eigenvalue weighted by atomic mass is 32.1. The van der Waals surface area contributed by atoms with E-state index in [1.165, 1.54) is 43.7 Å². The van der Waals surface area contributed by atoms with Gasteiger partial charge in [0.05, 0.1) is 5.69 Å². The highest BCUT2D eigenvalue weighted by Gasteiger charge is 2.28. The fourth-order valence-electron chi connectivity index (χ4n) is 3.13. The summed E-state index contributed by atoms with van der Waals surface area (Å²) in [6, 6.07) is 0.695. The van der Waals surface area contributed by atoms with Gasteiger partial charge in [-0.3, -0.25) is 9.80 Å². The van der Waals surface area contributed by atoms with Crippen molar-refractivity contribution in [2.24, 2.45) is 0 Å². The number of carboxylic acids is 1. The highest BCUT2D eigenvalue weighted by Crippen LogP contribution is 2.22. The minimum atomic E-state index is -0.922. The number of hydrogen-bond acceptors (Lipinski definition) is 5. The van der Waals surface area contributed by atoms with Crippen molar-refractivity contribution in [3.63, 3.8) is 0 Å². The standard InChI is InChI=1S/C13H19N3O2S/c17-13(18)12-14-10(9-19-12)7-15-4-2-6-16-5-1-3-11(16)8-15/h9,11H,1-8H2,(H,17,18). The largest absolute Gasteiger partial charge is 0.476 e. The van der Waals surface area contributed by atoms with Crippen LogP contribution in [0.4, 0.5) is 0 Å². The molecular weight excluding hydrogens is 262 g/mol. The van der Waals surface area contributed by atoms with Crippen molar-refractivity contribution in [3.8, 4) is 0 Å². The van der Waals surface area contributed by atoms with Crippen LogP contribution in [0.5, 0.6) is 0 Å². The molecule has 1 atom stereocenters. The summed E-state index contributed by atoms with van der Waals surface area (Å²) in [6.45, 7) is 5.43. The summed E-state index contributed by atoms with van der Waals surface area (Å²) in [5.41, 5.74) is 0.897. The second-order valence-corrected chi connectivity index (χ2v) is 6.23. The monoisotopic (exact) mass is 281 g/mol. The Morgan fingerprint density at radius 1 is 1.42 bits per heavy atom. The van der Waals surface area contributed by atoms with Crippen LogP contribution in [0.15, 0.2) is 5.38 Å². The number of carboxylic acid groups (broad SMARTS) is 1. The number of carbonyl (C=O) groups is 1. The van der Waals surface area contributed by atoms with Crippen LogP contribution < -0.4 is 0 Å². The SMILES string of the molecule is O=C(O)c1nc(CN2CCCN3CCCC3C2)cs1. The Kier molecular flexibility index (Phi) is 3.81. The van der Waals surface area contributed by atoms with E-state index in [2.05, 4.69) is 14.8 Å². The molecule has 0 spiro atoms. The third kappa shape index (κ3) is 2.96. The Hall–Kier alpha value is -0.980. The molecule has 0 aliphatic carbocycles. The average Bonchev–Trinajstić information content (AvgIpc) is 2.96. The van der Waals surface area contributed by atoms with Gasteiger partial charge in [-0.25, -0.2) is 9.78 Å². The van der Waals surface area contributed by atoms with Gasteiger partial charge in [-0.1, -0.05) is 0 Å². The van der Waals surface area contributed by atoms with Crippen LogP contribution in [-0.2, 0) is 6.54 Å². The minimum Gasteiger partial charge on any atom is -0.476 e. The Bertz CT molecular complexity index is 462. The summed E-state index contributed by atoms with van der Waals surface area (Å²) in [7, 11) is 0. The number of rotatable bonds is 3. The van der Waals surface area contributed by atoms with E-state index >= 15 is 0 Å². The molecule has 3 rings (SSSR count). The highest BCUT2D eigenvalue weighted by molar-refractivity contribution is 7.11. The number of thiazole rings is 1. The van der Waals surface area contributed by atoms with Gasteiger partial charge in [0, 0.05) is 24.5 Å². The van der Waals surface area contributed by atoms with E-state index in [-0.39, 0.29) is 5.01 Å². The van der Waals surface area contributed by atoms with Crippen LogP contribution in [0.1, 0.15) is 34.8 Å². The summed E-state index contributed by atoms with van der Waals surface area (Å²) < 4.78 is 0. The maximum atomic E-state index is 10.8. The number of aromatic nitrogens is 1. The van der Waals surface area contributed by atoms with Crippen LogP contribution in [0.3, 0.4) is 0 Å². The van der Waals surface area contributed by atoms with Crippen molar-refractivity contribution in [3.05, 3.63) is 16.1 Å². The zero-order chi connectivity index (χ0) is 13.2. The third-order valence-electron chi connectivity index (χ3n) is 4.01. The lowest BCUT2D eigenvalue weighted by Gasteiger charge is -2.24. The Morgan fingerprint density at radius 3 is 3.05 bits per heavy atom. The predicted octanol–water partition coefficient (Wildman–Crippen LogP) is 1.51. The number of nitrogens with zero attached hydrogens (tertiary/aromatic N) is 3. The predicted molar refractivity (Wildman–Crippen MR) is 73.6 cm³/mol. The fourth-order valence-corrected chi connectivity index (χ4v) is 3.78. The van der Waals surface area contributed by atoms with Crippen LogP contribution >= 0.6 is 11.3 Å². The average molecular weight is 281 g/mol. The Labute approximate surface area is 116 Å². The fraction of sp³-hybridized carbons (Fsp3) is 0.692. The van der Waals surface area contributed by atoms with Gasteiger partial charge in [-0.2, -0.15) is 0 Å². The van der Waals surface area contributed by atoms with E-state index in [0.717, 1.165) is 25.3 Å². The van der Waals surface area contributed by atoms with E-state index in [1.807, 2.05) is 5.38 Å². The van der Waals surface area contributed by atoms with Gasteiger partial charge in [0.25, 0.3) is 0 Å². The summed E-state index contributed by atoms with van der Waals surface area (Å²) in [5.74, 6) is -0.922. The van der Waals surface area contributed by atoms with Crippen molar-refractivity contribution in [2.45, 2.75) is 31.8 Å². The number of hydrogen-bond donors (Lipinski definition) is 1. The van der Waals surface area contributed by atoms with Gasteiger partial charge >= 0.3 is 5.97 Å². The Morgan fingerprint density at radius 2 is 2.26 bits per heavy atom. The molecule has 0 radical (unpaired) electrons. The molecule has 1 aromatic heterocycles. The van der Waals surface area contributed by atoms with Crippen molar-refractivity contribution < 1.29 is 9.90 Å². The van der Waals surface area contributed by atoms with Crippen molar-refractivity contribution in [1.82, 2.24) is 14.8 Å². The van der Waals surface area contributed by atoms with Crippen LogP contribution in [0.25, 0.3) is 0 Å². The number of fused-ring (bicyclic) bond motifs is 1. The summed E-state index contributed by atoms with van der Waals surface area (Å²) in [5, 5.41) is 11.0. The minimum absolute atomic E-state index is 0.201. The van der Waals surface area contributed by atoms with Gasteiger partial charge < -0.3 is 5.11 Å². The lowest BCUT2D eigenvalue weighted by molar-refractivity contribution is 0.0696. The summed E-state index contributed by atoms with van der Waals surface area (Å²) in [4.78, 5) is 20.1. The zero-order valence-electron chi connectivity index (χ0n) is 10.9. The molecule has 0 saturated carbocycles. The third-order valence-corrected chi connectivity index (χ3v) is 4.89. The lowest BCUT2D eigenvalue weighted by atomic mass is 10.2. The molecule has 2 saturated heterocycles. The molecule has 1 N–H and O–H groups in total. The smallest absolute Gasteiger partial charge is 0.365 e. The molecular formula is C13H19N3O2S. The first-order chi connectivity index (χ1) is 9.22. The molecule has 1 aromatic rings. The molecule has 5 nitrogen and oxygen atoms in total. The zero-order valence-corrected chi connectivity index (χ0v) is 11.7. The van der Waals surface area contributed by atoms with Crippen LogP contribution in [-0.4, -0.2) is 58.1 Å². The first-order valence-electron chi connectivity index (χ1n) is 6.86. The van der Waals surface area contributed by atoms with E-state index in [0.29, 0.717) is 6.04 Å². The van der Waals surface area contributed by atoms with Gasteiger partial charge in [0.15, 0.2) is 0 Å². The molecule has 0 bridgehead atoms. The van der Waals surface area contributed by atoms with E-state index in [9.17, 15) is 4.79 Å². The van der Waals surface area contributed by atoms with E-state index in [1.54, 1.807) is 0 Å². The first-order valence-corrected chi connectivity index (χ1v) is 7.74. The molecule has 6 heteroatoms. The lowest BCUT2D eigenvalue weighted by Crippen LogP contribution is -2.36. The molecule has 2 fully saturated rings. The molecule has 0 aromatic carbocycles. The summed E-state index contributed by atoms with van der Waals surface area (Å²) in [6.07, 6.45) is 3.82. The molecule has 19 heavy (non-hydrogen) atoms. The number of aromatic carboxylic acids is 1. The van der Waals surface area contributed by atoms with Crippen LogP contribution in [0, 0.1) is 0 Å². The maximum Gasteiger partial charge on any atom is 0.365 e. The van der Waals surface area contributed by atoms with E-state index < -0.39 is 5.97 Å². The molecule has 3 heterocycles. The van der Waals surface area contributed by atoms with Crippen molar-refractivity contribution in [1.29, 1.82) is 0 Å². The molecule has 2 aliphatic rings. The van der Waals surface area contributed by atoms with Crippen molar-refractivity contribution in [2.75, 3.05) is 26.2 Å². The van der Waals surface area contributed by atoms with Gasteiger partial charge in [-0.05, 0) is 38.9 Å². The van der Waals surface area contributed by atoms with Gasteiger partial charge in [-0.15, -0.1) is 11.3 Å². The van der Waals surface area contributed by atoms with Gasteiger partial charge in [0.2, 0.25) is 5.01 Å². The molecule has 2 aliphatic heterocycles. The molecule has 0 amide bonds. The topological polar surface area (TPSA) is 56.7 Å². The normalized spacial score (nSPS) is 25.2. The first kappa shape index (κ1) is 13.0. The maximum absolute atomic E-state index is 10.8. The second kappa shape index (κ2) is 5.56. The molecule has 104 valence electrons. The molecule has 1 unspecified atom stereocenters. The van der Waals surface area contributed by atoms with Crippen LogP contribution in [0.2, 0.25) is 0 Å². The Balaban J connectivity index is 1.63. The van der Waals surface area contributed by atoms with E-state index in [4.69, 9.17) is 5.11 Å². The quantitative estimate of drug-likeness (QED) is 0.910. The van der Waals surface area contributed by atoms with Gasteiger partial charge in [0.1, 0.15) is 0 Å². The van der Waals surface area contributed by atoms with Crippen molar-refractivity contribution >= 4 is 17.3 Å².